The molecule has 6 rings (SSSR count). The number of hydrogen-bond donors (Lipinski definition) is 2. The number of carbonyl (C=O) groups is 1. The van der Waals surface area contributed by atoms with E-state index in [0.717, 1.165) is 80.2 Å². The van der Waals surface area contributed by atoms with Gasteiger partial charge in [0.15, 0.2) is 0 Å². The number of thioether (sulfide) groups is 1. The van der Waals surface area contributed by atoms with E-state index < -0.39 is 15.6 Å². The summed E-state index contributed by atoms with van der Waals surface area (Å²) in [5.41, 5.74) is -3.19. The van der Waals surface area contributed by atoms with E-state index in [1.807, 2.05) is 33.7 Å². The molecule has 1 aromatic heterocycles. The van der Waals surface area contributed by atoms with E-state index in [4.69, 9.17) is 39.3 Å². The lowest BCUT2D eigenvalue weighted by Gasteiger charge is -2.38. The molecule has 0 saturated carbocycles. The molecule has 2 N–H and O–H groups in total. The second-order valence-electron chi connectivity index (χ2n) is 10.9. The van der Waals surface area contributed by atoms with Gasteiger partial charge in [0, 0.05) is 81.3 Å². The summed E-state index contributed by atoms with van der Waals surface area (Å²) in [5, 5.41) is 4.49. The normalized spacial score (nSPS) is 20.8. The number of likely N-dealkylation sites (tertiary alicyclic amines) is 1. The number of aromatic nitrogens is 2. The first kappa shape index (κ1) is 33.6. The number of nitrogens with zero attached hydrogens (tertiary/aromatic N) is 6. The van der Waals surface area contributed by atoms with Crippen molar-refractivity contribution >= 4 is 57.0 Å². The third-order valence-corrected chi connectivity index (χ3v) is 9.83. The molecule has 1 aromatic carbocycles. The first-order chi connectivity index (χ1) is 21.4. The quantitative estimate of drug-likeness (QED) is 0.358. The molecule has 248 valence electrons. The highest BCUT2D eigenvalue weighted by Gasteiger charge is 2.44. The number of amides is 2. The van der Waals surface area contributed by atoms with Crippen molar-refractivity contribution in [3.05, 3.63) is 35.0 Å². The molecular weight excluding hydrogens is 659 g/mol. The average Bonchev–Trinajstić information content (AvgIpc) is 3.50. The van der Waals surface area contributed by atoms with Crippen molar-refractivity contribution in [2.24, 2.45) is 0 Å². The molecule has 12 nitrogen and oxygen atoms in total. The van der Waals surface area contributed by atoms with Gasteiger partial charge in [0.1, 0.15) is 5.82 Å². The van der Waals surface area contributed by atoms with Crippen molar-refractivity contribution in [2.75, 3.05) is 86.4 Å². The molecule has 4 aliphatic rings. The topological polar surface area (TPSA) is 131 Å². The fourth-order valence-corrected chi connectivity index (χ4v) is 6.71. The minimum absolute atomic E-state index is 0.135. The minimum atomic E-state index is -5.84. The summed E-state index contributed by atoms with van der Waals surface area (Å²) in [5.74, 6) is 2.79. The second kappa shape index (κ2) is 14.4. The zero-order chi connectivity index (χ0) is 32.2. The van der Waals surface area contributed by atoms with Gasteiger partial charge >= 0.3 is 21.7 Å². The van der Waals surface area contributed by atoms with E-state index in [2.05, 4.69) is 27.2 Å². The highest BCUT2D eigenvalue weighted by atomic mass is 35.5. The molecule has 0 spiro atoms. The van der Waals surface area contributed by atoms with Crippen LogP contribution in [-0.2, 0) is 21.3 Å². The van der Waals surface area contributed by atoms with Crippen molar-refractivity contribution in [3.63, 3.8) is 0 Å². The number of urea groups is 1. The first-order valence-electron chi connectivity index (χ1n) is 14.6. The summed E-state index contributed by atoms with van der Waals surface area (Å²) in [4.78, 5) is 32.9. The Balaban J connectivity index is 0.000000444. The molecule has 5 heterocycles. The Hall–Kier alpha value is -2.73. The Morgan fingerprint density at radius 1 is 1.00 bits per heavy atom. The van der Waals surface area contributed by atoms with Gasteiger partial charge in [-0.1, -0.05) is 11.6 Å². The van der Waals surface area contributed by atoms with Crippen molar-refractivity contribution in [3.8, 4) is 0 Å². The van der Waals surface area contributed by atoms with Gasteiger partial charge in [-0.2, -0.15) is 26.6 Å². The predicted molar refractivity (Wildman–Crippen MR) is 166 cm³/mol. The molecule has 2 aromatic rings. The molecule has 3 saturated heterocycles. The fraction of sp³-hybridized carbons (Fsp3) is 0.593. The smallest absolute Gasteiger partial charge is 0.378 e. The number of morpholine rings is 1. The molecule has 0 aliphatic carbocycles. The third kappa shape index (κ3) is 8.55. The molecule has 45 heavy (non-hydrogen) atoms. The highest BCUT2D eigenvalue weighted by molar-refractivity contribution is 7.99. The van der Waals surface area contributed by atoms with Crippen LogP contribution in [0.3, 0.4) is 0 Å². The van der Waals surface area contributed by atoms with Crippen LogP contribution in [0.5, 0.6) is 0 Å². The van der Waals surface area contributed by atoms with E-state index >= 15 is 0 Å². The van der Waals surface area contributed by atoms with Crippen LogP contribution < -0.4 is 15.1 Å². The molecule has 2 amide bonds. The molecule has 3 fully saturated rings. The van der Waals surface area contributed by atoms with E-state index in [-0.39, 0.29) is 12.1 Å². The van der Waals surface area contributed by atoms with Crippen LogP contribution in [0, 0.1) is 0 Å². The summed E-state index contributed by atoms with van der Waals surface area (Å²) in [6, 6.07) is 8.39. The predicted octanol–water partition coefficient (Wildman–Crippen LogP) is 3.83. The van der Waals surface area contributed by atoms with Crippen molar-refractivity contribution < 1.29 is 35.7 Å². The summed E-state index contributed by atoms with van der Waals surface area (Å²) < 4.78 is 63.0. The Morgan fingerprint density at radius 3 is 2.29 bits per heavy atom. The molecule has 0 bridgehead atoms. The Morgan fingerprint density at radius 2 is 1.64 bits per heavy atom. The van der Waals surface area contributed by atoms with Crippen molar-refractivity contribution in [2.45, 2.75) is 35.7 Å². The number of alkyl halides is 3. The zero-order valence-corrected chi connectivity index (χ0v) is 26.8. The van der Waals surface area contributed by atoms with Crippen LogP contribution in [0.15, 0.2) is 29.2 Å². The van der Waals surface area contributed by atoms with Gasteiger partial charge in [-0.3, -0.25) is 4.55 Å². The van der Waals surface area contributed by atoms with Crippen molar-refractivity contribution in [1.82, 2.24) is 19.8 Å². The molecule has 1 unspecified atom stereocenters. The monoisotopic (exact) mass is 693 g/mol. The lowest BCUT2D eigenvalue weighted by molar-refractivity contribution is -0.0510. The number of rotatable bonds is 4. The molecular formula is C27H35ClF3N7O5S2. The van der Waals surface area contributed by atoms with E-state index in [0.29, 0.717) is 32.8 Å². The fourth-order valence-electron chi connectivity index (χ4n) is 5.53. The molecule has 1 atom stereocenters. The maximum atomic E-state index is 13.1. The first-order valence-corrected chi connectivity index (χ1v) is 17.4. The number of anilines is 3. The van der Waals surface area contributed by atoms with Gasteiger partial charge in [0.05, 0.1) is 23.8 Å². The van der Waals surface area contributed by atoms with E-state index in [1.165, 1.54) is 10.6 Å². The van der Waals surface area contributed by atoms with Crippen LogP contribution in [0.25, 0.3) is 0 Å². The Bertz CT molecular complexity index is 1440. The molecule has 18 heteroatoms. The number of ether oxygens (including phenoxy) is 1. The number of halogens is 4. The lowest BCUT2D eigenvalue weighted by atomic mass is 10.1. The zero-order valence-electron chi connectivity index (χ0n) is 24.4. The van der Waals surface area contributed by atoms with Crippen LogP contribution >= 0.6 is 23.4 Å². The van der Waals surface area contributed by atoms with Gasteiger partial charge in [-0.05, 0) is 37.1 Å². The van der Waals surface area contributed by atoms with Gasteiger partial charge < -0.3 is 29.7 Å². The largest absolute Gasteiger partial charge is 0.522 e. The average molecular weight is 694 g/mol. The Labute approximate surface area is 269 Å². The number of benzene rings is 1. The van der Waals surface area contributed by atoms with Crippen LogP contribution in [0.2, 0.25) is 5.02 Å². The van der Waals surface area contributed by atoms with E-state index in [9.17, 15) is 18.0 Å². The SMILES string of the molecule is O=C(N1CCOCC1)N1CCCC(Nc2nc(N3CCN(c4ccc(Cl)cc4)CC3)nc3c2SCC3)C1.O=S(=O)(O)C(F)(F)F. The number of carbonyl (C=O) groups excluding carboxylic acids is 1. The number of fused-ring (bicyclic) bond motifs is 1. The van der Waals surface area contributed by atoms with Gasteiger partial charge in [0.25, 0.3) is 0 Å². The summed E-state index contributed by atoms with van der Waals surface area (Å²) in [6.45, 7) is 7.71. The number of piperazine rings is 1. The minimum Gasteiger partial charge on any atom is -0.378 e. The van der Waals surface area contributed by atoms with Crippen LogP contribution in [-0.4, -0.2) is 122 Å². The Kier molecular flexibility index (Phi) is 10.7. The standard InChI is InChI=1S/C26H34ClN7O2S.CHF3O3S/c27-19-3-5-21(6-4-19)31-9-11-32(12-10-31)25-29-22-7-17-37-23(22)24(30-25)28-20-2-1-8-34(18-20)26(35)33-13-15-36-16-14-33;2-1(3,4)8(5,6)7/h3-6,20H,1-2,7-18H2,(H,28,29,30);(H,5,6,7). The third-order valence-electron chi connectivity index (χ3n) is 7.87. The summed E-state index contributed by atoms with van der Waals surface area (Å²) >= 11 is 7.91. The van der Waals surface area contributed by atoms with Crippen molar-refractivity contribution in [1.29, 1.82) is 0 Å². The maximum absolute atomic E-state index is 13.1. The number of hydrogen-bond acceptors (Lipinski definition) is 10. The van der Waals surface area contributed by atoms with Gasteiger partial charge in [0.2, 0.25) is 5.95 Å². The summed E-state index contributed by atoms with van der Waals surface area (Å²) in [6.07, 6.45) is 3.00. The van der Waals surface area contributed by atoms with Crippen LogP contribution in [0.4, 0.5) is 35.4 Å². The number of nitrogens with one attached hydrogen (secondary N) is 1. The maximum Gasteiger partial charge on any atom is 0.522 e. The lowest BCUT2D eigenvalue weighted by Crippen LogP contribution is -2.53. The van der Waals surface area contributed by atoms with Gasteiger partial charge in [-0.15, -0.1) is 11.8 Å². The second-order valence-corrected chi connectivity index (χ2v) is 13.9. The molecule has 0 radical (unpaired) electrons. The summed E-state index contributed by atoms with van der Waals surface area (Å²) in [7, 11) is -5.84. The number of piperidine rings is 1. The van der Waals surface area contributed by atoms with Gasteiger partial charge in [-0.25, -0.2) is 9.78 Å². The van der Waals surface area contributed by atoms with E-state index in [1.54, 1.807) is 0 Å². The highest BCUT2D eigenvalue weighted by Crippen LogP contribution is 2.37. The van der Waals surface area contributed by atoms with Crippen LogP contribution in [0.1, 0.15) is 18.5 Å². The number of aryl methyl sites for hydroxylation is 1. The molecule has 4 aliphatic heterocycles.